The lowest BCUT2D eigenvalue weighted by Gasteiger charge is -2.24. The van der Waals surface area contributed by atoms with Crippen molar-refractivity contribution in [2.24, 2.45) is 5.73 Å². The predicted octanol–water partition coefficient (Wildman–Crippen LogP) is 2.59. The van der Waals surface area contributed by atoms with Gasteiger partial charge in [0.15, 0.2) is 5.65 Å². The summed E-state index contributed by atoms with van der Waals surface area (Å²) >= 11 is 0. The van der Waals surface area contributed by atoms with E-state index in [1.165, 1.54) is 0 Å². The predicted molar refractivity (Wildman–Crippen MR) is 121 cm³/mol. The van der Waals surface area contributed by atoms with Crippen LogP contribution in [0.5, 0.6) is 0 Å². The Morgan fingerprint density at radius 3 is 2.68 bits per heavy atom. The maximum Gasteiger partial charge on any atom is 0.165 e. The summed E-state index contributed by atoms with van der Waals surface area (Å²) in [7, 11) is -2.98. The van der Waals surface area contributed by atoms with E-state index in [0.29, 0.717) is 24.3 Å². The summed E-state index contributed by atoms with van der Waals surface area (Å²) < 4.78 is 25.4. The van der Waals surface area contributed by atoms with Gasteiger partial charge in [0, 0.05) is 40.7 Å². The Morgan fingerprint density at radius 2 is 1.94 bits per heavy atom. The number of nitrogen functional groups attached to an aromatic ring is 1. The second kappa shape index (κ2) is 7.28. The molecule has 4 N–H and O–H groups in total. The molecule has 1 saturated heterocycles. The van der Waals surface area contributed by atoms with Crippen LogP contribution in [0.2, 0.25) is 0 Å². The monoisotopic (exact) mass is 436 g/mol. The number of pyridine rings is 1. The van der Waals surface area contributed by atoms with Crippen molar-refractivity contribution in [3.05, 3.63) is 53.5 Å². The Labute approximate surface area is 180 Å². The van der Waals surface area contributed by atoms with Gasteiger partial charge in [-0.2, -0.15) is 9.61 Å². The average Bonchev–Trinajstić information content (AvgIpc) is 3.17. The first-order chi connectivity index (χ1) is 14.9. The number of fused-ring (bicyclic) bond motifs is 2. The fourth-order valence-electron chi connectivity index (χ4n) is 4.38. The highest BCUT2D eigenvalue weighted by atomic mass is 32.2. The van der Waals surface area contributed by atoms with E-state index in [2.05, 4.69) is 29.1 Å². The third kappa shape index (κ3) is 3.43. The van der Waals surface area contributed by atoms with Gasteiger partial charge in [-0.1, -0.05) is 11.6 Å². The van der Waals surface area contributed by atoms with Crippen molar-refractivity contribution in [2.45, 2.75) is 32.2 Å². The lowest BCUT2D eigenvalue weighted by Crippen LogP contribution is -2.25. The molecule has 0 bridgehead atoms. The quantitative estimate of drug-likeness (QED) is 0.505. The Morgan fingerprint density at radius 1 is 1.16 bits per heavy atom. The van der Waals surface area contributed by atoms with E-state index in [9.17, 15) is 8.42 Å². The number of hydrogen-bond acceptors (Lipinski definition) is 7. The van der Waals surface area contributed by atoms with Crippen LogP contribution in [-0.4, -0.2) is 39.5 Å². The number of aryl methyl sites for hydroxylation is 1. The molecule has 0 unspecified atom stereocenters. The van der Waals surface area contributed by atoms with Crippen molar-refractivity contribution in [3.8, 4) is 11.1 Å². The van der Waals surface area contributed by atoms with E-state index in [1.54, 1.807) is 10.7 Å². The fraction of sp³-hybridized carbons (Fsp3) is 0.318. The molecule has 0 amide bonds. The Bertz CT molecular complexity index is 1410. The van der Waals surface area contributed by atoms with Crippen LogP contribution in [0.25, 0.3) is 27.7 Å². The Hall–Kier alpha value is -3.04. The lowest BCUT2D eigenvalue weighted by atomic mass is 9.94. The van der Waals surface area contributed by atoms with Crippen LogP contribution in [0, 0.1) is 6.92 Å². The number of aromatic nitrogens is 4. The van der Waals surface area contributed by atoms with Crippen molar-refractivity contribution >= 4 is 32.2 Å². The standard InChI is InChI=1S/C22H24N6O2S/c1-13-2-3-19-15(8-13)9-16(11-25-19)18-12-26-28-21(24)17(10-23)20(27-22(18)28)14-4-6-31(29,30)7-5-14/h2-3,8-9,11-12,14H,4-7,10,23-24H2,1H3. The van der Waals surface area contributed by atoms with Crippen molar-refractivity contribution in [2.75, 3.05) is 17.2 Å². The van der Waals surface area contributed by atoms with Gasteiger partial charge >= 0.3 is 0 Å². The summed E-state index contributed by atoms with van der Waals surface area (Å²) in [5.41, 5.74) is 18.4. The maximum atomic E-state index is 11.9. The first-order valence-electron chi connectivity index (χ1n) is 10.3. The second-order valence-corrected chi connectivity index (χ2v) is 10.5. The molecule has 4 aromatic rings. The molecule has 0 aliphatic carbocycles. The zero-order valence-corrected chi connectivity index (χ0v) is 18.1. The number of rotatable bonds is 3. The number of nitrogens with zero attached hydrogens (tertiary/aromatic N) is 4. The van der Waals surface area contributed by atoms with Gasteiger partial charge in [-0.3, -0.25) is 4.98 Å². The van der Waals surface area contributed by atoms with Gasteiger partial charge in [0.2, 0.25) is 0 Å². The molecule has 1 aliphatic rings. The minimum atomic E-state index is -2.98. The SMILES string of the molecule is Cc1ccc2ncc(-c3cnn4c(N)c(CN)c(C5CCS(=O)(=O)CC5)nc34)cc2c1. The highest BCUT2D eigenvalue weighted by Crippen LogP contribution is 2.35. The van der Waals surface area contributed by atoms with Gasteiger partial charge < -0.3 is 11.5 Å². The van der Waals surface area contributed by atoms with E-state index in [0.717, 1.165) is 38.9 Å². The highest BCUT2D eigenvalue weighted by Gasteiger charge is 2.29. The largest absolute Gasteiger partial charge is 0.383 e. The molecule has 0 atom stereocenters. The molecule has 0 spiro atoms. The minimum Gasteiger partial charge on any atom is -0.383 e. The molecule has 0 saturated carbocycles. The third-order valence-corrected chi connectivity index (χ3v) is 7.83. The van der Waals surface area contributed by atoms with Crippen LogP contribution in [0.1, 0.15) is 35.6 Å². The maximum absolute atomic E-state index is 11.9. The van der Waals surface area contributed by atoms with E-state index in [-0.39, 0.29) is 24.0 Å². The first kappa shape index (κ1) is 19.9. The molecule has 1 aromatic carbocycles. The van der Waals surface area contributed by atoms with Crippen LogP contribution in [0.3, 0.4) is 0 Å². The molecule has 5 rings (SSSR count). The van der Waals surface area contributed by atoms with Gasteiger partial charge in [-0.05, 0) is 38.0 Å². The Kier molecular flexibility index (Phi) is 4.67. The second-order valence-electron chi connectivity index (χ2n) is 8.20. The smallest absolute Gasteiger partial charge is 0.165 e. The highest BCUT2D eigenvalue weighted by molar-refractivity contribution is 7.91. The van der Waals surface area contributed by atoms with Crippen molar-refractivity contribution in [1.29, 1.82) is 0 Å². The first-order valence-corrected chi connectivity index (χ1v) is 12.1. The molecule has 4 heterocycles. The normalized spacial score (nSPS) is 16.8. The van der Waals surface area contributed by atoms with Crippen molar-refractivity contribution in [1.82, 2.24) is 19.6 Å². The van der Waals surface area contributed by atoms with Crippen LogP contribution in [0.4, 0.5) is 5.82 Å². The molecule has 31 heavy (non-hydrogen) atoms. The Balaban J connectivity index is 1.66. The third-order valence-electron chi connectivity index (χ3n) is 6.11. The summed E-state index contributed by atoms with van der Waals surface area (Å²) in [6, 6.07) is 8.22. The van der Waals surface area contributed by atoms with Crippen molar-refractivity contribution in [3.63, 3.8) is 0 Å². The lowest BCUT2D eigenvalue weighted by molar-refractivity contribution is 0.542. The minimum absolute atomic E-state index is 0.00880. The van der Waals surface area contributed by atoms with Crippen LogP contribution >= 0.6 is 0 Å². The van der Waals surface area contributed by atoms with Gasteiger partial charge in [-0.25, -0.2) is 13.4 Å². The molecular weight excluding hydrogens is 412 g/mol. The molecule has 9 heteroatoms. The number of benzene rings is 1. The van der Waals surface area contributed by atoms with Crippen molar-refractivity contribution < 1.29 is 8.42 Å². The zero-order valence-electron chi connectivity index (χ0n) is 17.2. The van der Waals surface area contributed by atoms with E-state index in [1.807, 2.05) is 18.3 Å². The molecular formula is C22H24N6O2S. The van der Waals surface area contributed by atoms with Gasteiger partial charge in [0.1, 0.15) is 15.7 Å². The number of anilines is 1. The summed E-state index contributed by atoms with van der Waals surface area (Å²) in [5.74, 6) is 0.782. The number of sulfone groups is 1. The summed E-state index contributed by atoms with van der Waals surface area (Å²) in [4.78, 5) is 9.52. The molecule has 3 aromatic heterocycles. The molecule has 1 fully saturated rings. The van der Waals surface area contributed by atoms with E-state index < -0.39 is 9.84 Å². The average molecular weight is 437 g/mol. The van der Waals surface area contributed by atoms with E-state index in [4.69, 9.17) is 16.5 Å². The summed E-state index contributed by atoms with van der Waals surface area (Å²) in [5, 5.41) is 5.50. The van der Waals surface area contributed by atoms with Gasteiger partial charge in [0.25, 0.3) is 0 Å². The number of nitrogens with two attached hydrogens (primary N) is 2. The number of hydrogen-bond donors (Lipinski definition) is 2. The molecule has 1 aliphatic heterocycles. The summed E-state index contributed by atoms with van der Waals surface area (Å²) in [6.07, 6.45) is 4.61. The van der Waals surface area contributed by atoms with Crippen LogP contribution in [0.15, 0.2) is 36.7 Å². The zero-order chi connectivity index (χ0) is 21.8. The molecule has 0 radical (unpaired) electrons. The topological polar surface area (TPSA) is 129 Å². The fourth-order valence-corrected chi connectivity index (χ4v) is 5.87. The van der Waals surface area contributed by atoms with E-state index >= 15 is 0 Å². The van der Waals surface area contributed by atoms with Gasteiger partial charge in [0.05, 0.1) is 28.9 Å². The van der Waals surface area contributed by atoms with Crippen LogP contribution in [-0.2, 0) is 16.4 Å². The molecule has 8 nitrogen and oxygen atoms in total. The van der Waals surface area contributed by atoms with Gasteiger partial charge in [-0.15, -0.1) is 0 Å². The van der Waals surface area contributed by atoms with Crippen LogP contribution < -0.4 is 11.5 Å². The molecule has 160 valence electrons. The summed E-state index contributed by atoms with van der Waals surface area (Å²) in [6.45, 7) is 2.27.